The summed E-state index contributed by atoms with van der Waals surface area (Å²) in [6.07, 6.45) is 0. The minimum absolute atomic E-state index is 0.213. The van der Waals surface area contributed by atoms with E-state index < -0.39 is 0 Å². The van der Waals surface area contributed by atoms with E-state index in [0.29, 0.717) is 11.5 Å². The predicted molar refractivity (Wildman–Crippen MR) is 216 cm³/mol. The van der Waals surface area contributed by atoms with Crippen molar-refractivity contribution in [3.63, 3.8) is 0 Å². The van der Waals surface area contributed by atoms with E-state index in [0.717, 1.165) is 44.5 Å². The summed E-state index contributed by atoms with van der Waals surface area (Å²) in [5.41, 5.74) is 9.96. The number of phenolic OH excluding ortho intramolecular Hbond substituents is 2. The monoisotopic (exact) mass is 662 g/mol. The summed E-state index contributed by atoms with van der Waals surface area (Å²) in [5, 5.41) is 27.7. The van der Waals surface area contributed by atoms with Crippen LogP contribution in [0.2, 0.25) is 0 Å². The molecule has 0 amide bonds. The molecule has 0 aliphatic carbocycles. The lowest BCUT2D eigenvalue weighted by Gasteiger charge is -2.28. The highest BCUT2D eigenvalue weighted by Gasteiger charge is 2.29. The van der Waals surface area contributed by atoms with Crippen LogP contribution in [0.15, 0.2) is 97.1 Å². The van der Waals surface area contributed by atoms with E-state index in [2.05, 4.69) is 180 Å². The van der Waals surface area contributed by atoms with Crippen LogP contribution < -0.4 is 0 Å². The molecule has 2 heteroatoms. The van der Waals surface area contributed by atoms with Crippen molar-refractivity contribution in [2.75, 3.05) is 0 Å². The van der Waals surface area contributed by atoms with Crippen LogP contribution in [-0.2, 0) is 21.7 Å². The molecule has 0 saturated heterocycles. The van der Waals surface area contributed by atoms with Gasteiger partial charge in [-0.2, -0.15) is 0 Å². The maximum absolute atomic E-state index is 11.5. The second kappa shape index (κ2) is 12.0. The van der Waals surface area contributed by atoms with Gasteiger partial charge in [-0.05, 0) is 101 Å². The van der Waals surface area contributed by atoms with Gasteiger partial charge in [0, 0.05) is 22.3 Å². The van der Waals surface area contributed by atoms with Crippen molar-refractivity contribution < 1.29 is 10.2 Å². The Morgan fingerprint density at radius 2 is 0.540 bits per heavy atom. The Morgan fingerprint density at radius 1 is 0.320 bits per heavy atom. The Hall–Kier alpha value is -4.56. The molecule has 0 aromatic heterocycles. The quantitative estimate of drug-likeness (QED) is 0.198. The molecule has 50 heavy (non-hydrogen) atoms. The third-order valence-corrected chi connectivity index (χ3v) is 10.2. The molecule has 0 aliphatic heterocycles. The van der Waals surface area contributed by atoms with Gasteiger partial charge in [-0.25, -0.2) is 0 Å². The second-order valence-corrected chi connectivity index (χ2v) is 18.3. The Morgan fingerprint density at radius 3 is 0.780 bits per heavy atom. The molecule has 0 fully saturated rings. The molecule has 2 nitrogen and oxygen atoms in total. The normalized spacial score (nSPS) is 13.0. The van der Waals surface area contributed by atoms with Crippen molar-refractivity contribution in [2.24, 2.45) is 0 Å². The first kappa shape index (κ1) is 35.3. The van der Waals surface area contributed by atoms with Gasteiger partial charge in [0.25, 0.3) is 0 Å². The van der Waals surface area contributed by atoms with Gasteiger partial charge in [0.15, 0.2) is 0 Å². The summed E-state index contributed by atoms with van der Waals surface area (Å²) in [7, 11) is 0. The van der Waals surface area contributed by atoms with Crippen molar-refractivity contribution in [1.29, 1.82) is 0 Å². The molecule has 2 N–H and O–H groups in total. The average Bonchev–Trinajstić information content (AvgIpc) is 3.02. The molecule has 0 bridgehead atoms. The number of aromatic hydroxyl groups is 2. The molecule has 0 spiro atoms. The van der Waals surface area contributed by atoms with Crippen molar-refractivity contribution >= 4 is 21.5 Å². The van der Waals surface area contributed by atoms with Gasteiger partial charge in [0.05, 0.1) is 0 Å². The number of fused-ring (bicyclic) bond motifs is 2. The standard InChI is InChI=1S/C48H54O2/c1-45(2,3)39-25-29(26-40(43(39)49)46(4,5)6)31-17-13-21-35-33(31)19-15-23-37(35)38-24-16-20-34-32(18-14-22-36(34)38)30-27-41(47(7,8)9)44(50)42(28-30)48(10,11)12/h13-28,49-50H,1-12H3. The SMILES string of the molecule is CC(C)(C)c1cc(-c2cccc3c(-c4cccc5c(-c6cc(C(C)(C)C)c(O)c(C(C)(C)C)c6)cccc45)cccc23)cc(C(C)(C)C)c1O. The van der Waals surface area contributed by atoms with E-state index in [1.165, 1.54) is 32.7 Å². The fraction of sp³-hybridized carbons (Fsp3) is 0.333. The molecule has 0 saturated carbocycles. The first-order chi connectivity index (χ1) is 23.2. The van der Waals surface area contributed by atoms with E-state index in [9.17, 15) is 10.2 Å². The highest BCUT2D eigenvalue weighted by molar-refractivity contribution is 6.11. The van der Waals surface area contributed by atoms with Gasteiger partial charge < -0.3 is 10.2 Å². The van der Waals surface area contributed by atoms with Gasteiger partial charge in [0.2, 0.25) is 0 Å². The zero-order chi connectivity index (χ0) is 36.6. The van der Waals surface area contributed by atoms with Crippen LogP contribution in [-0.4, -0.2) is 10.2 Å². The van der Waals surface area contributed by atoms with E-state index in [1.807, 2.05) is 0 Å². The predicted octanol–water partition coefficient (Wildman–Crippen LogP) is 13.6. The highest BCUT2D eigenvalue weighted by atomic mass is 16.3. The average molecular weight is 663 g/mol. The third kappa shape index (κ3) is 6.30. The topological polar surface area (TPSA) is 40.5 Å². The maximum Gasteiger partial charge on any atom is 0.123 e. The smallest absolute Gasteiger partial charge is 0.123 e. The van der Waals surface area contributed by atoms with Crippen LogP contribution in [0.5, 0.6) is 11.5 Å². The van der Waals surface area contributed by atoms with Crippen LogP contribution in [0, 0.1) is 0 Å². The Balaban J connectivity index is 1.59. The summed E-state index contributed by atoms with van der Waals surface area (Å²) < 4.78 is 0. The molecule has 0 aliphatic rings. The van der Waals surface area contributed by atoms with E-state index in [-0.39, 0.29) is 21.7 Å². The molecule has 0 atom stereocenters. The number of benzene rings is 6. The number of phenols is 2. The van der Waals surface area contributed by atoms with Crippen molar-refractivity contribution in [3.8, 4) is 44.9 Å². The molecular formula is C48H54O2. The fourth-order valence-corrected chi connectivity index (χ4v) is 7.46. The van der Waals surface area contributed by atoms with Crippen LogP contribution >= 0.6 is 0 Å². The summed E-state index contributed by atoms with van der Waals surface area (Å²) >= 11 is 0. The van der Waals surface area contributed by atoms with E-state index >= 15 is 0 Å². The molecule has 6 rings (SSSR count). The van der Waals surface area contributed by atoms with Gasteiger partial charge >= 0.3 is 0 Å². The number of hydrogen-bond acceptors (Lipinski definition) is 2. The molecule has 0 heterocycles. The van der Waals surface area contributed by atoms with Crippen molar-refractivity contribution in [3.05, 3.63) is 119 Å². The molecule has 0 unspecified atom stereocenters. The minimum atomic E-state index is -0.213. The molecule has 0 radical (unpaired) electrons. The van der Waals surface area contributed by atoms with Gasteiger partial charge in [0.1, 0.15) is 11.5 Å². The number of hydrogen-bond donors (Lipinski definition) is 2. The Kier molecular flexibility index (Phi) is 8.50. The molecule has 6 aromatic rings. The van der Waals surface area contributed by atoms with E-state index in [1.54, 1.807) is 0 Å². The van der Waals surface area contributed by atoms with Crippen molar-refractivity contribution in [2.45, 2.75) is 105 Å². The fourth-order valence-electron chi connectivity index (χ4n) is 7.46. The first-order valence-electron chi connectivity index (χ1n) is 18.0. The zero-order valence-corrected chi connectivity index (χ0v) is 32.1. The summed E-state index contributed by atoms with van der Waals surface area (Å²) in [5.74, 6) is 0.804. The van der Waals surface area contributed by atoms with Gasteiger partial charge in [-0.15, -0.1) is 0 Å². The maximum atomic E-state index is 11.5. The van der Waals surface area contributed by atoms with Crippen molar-refractivity contribution in [1.82, 2.24) is 0 Å². The van der Waals surface area contributed by atoms with Crippen LogP contribution in [0.25, 0.3) is 54.9 Å². The van der Waals surface area contributed by atoms with Gasteiger partial charge in [-0.3, -0.25) is 0 Å². The highest BCUT2D eigenvalue weighted by Crippen LogP contribution is 2.46. The lowest BCUT2D eigenvalue weighted by Crippen LogP contribution is -2.17. The van der Waals surface area contributed by atoms with Crippen LogP contribution in [0.3, 0.4) is 0 Å². The summed E-state index contributed by atoms with van der Waals surface area (Å²) in [6, 6.07) is 35.2. The summed E-state index contributed by atoms with van der Waals surface area (Å²) in [6.45, 7) is 26.0. The lowest BCUT2D eigenvalue weighted by atomic mass is 9.77. The first-order valence-corrected chi connectivity index (χ1v) is 18.0. The zero-order valence-electron chi connectivity index (χ0n) is 32.1. The molecule has 6 aromatic carbocycles. The lowest BCUT2D eigenvalue weighted by molar-refractivity contribution is 0.422. The Labute approximate surface area is 299 Å². The van der Waals surface area contributed by atoms with E-state index in [4.69, 9.17) is 0 Å². The Bertz CT molecular complexity index is 2020. The third-order valence-electron chi connectivity index (χ3n) is 10.2. The largest absolute Gasteiger partial charge is 0.507 e. The van der Waals surface area contributed by atoms with Crippen LogP contribution in [0.4, 0.5) is 0 Å². The minimum Gasteiger partial charge on any atom is -0.507 e. The number of rotatable bonds is 3. The second-order valence-electron chi connectivity index (χ2n) is 18.3. The molecular weight excluding hydrogens is 609 g/mol. The van der Waals surface area contributed by atoms with Crippen LogP contribution in [0.1, 0.15) is 105 Å². The van der Waals surface area contributed by atoms with Gasteiger partial charge in [-0.1, -0.05) is 156 Å². The molecule has 258 valence electrons. The summed E-state index contributed by atoms with van der Waals surface area (Å²) in [4.78, 5) is 0.